The molecule has 7 heteroatoms. The fourth-order valence-corrected chi connectivity index (χ4v) is 2.67. The highest BCUT2D eigenvalue weighted by atomic mass is 35.5. The topological polar surface area (TPSA) is 77.5 Å². The summed E-state index contributed by atoms with van der Waals surface area (Å²) in [7, 11) is 0. The first-order valence-corrected chi connectivity index (χ1v) is 7.89. The summed E-state index contributed by atoms with van der Waals surface area (Å²) in [6.07, 6.45) is 3.43. The van der Waals surface area contributed by atoms with Crippen LogP contribution in [0.2, 0.25) is 5.02 Å². The van der Waals surface area contributed by atoms with Gasteiger partial charge in [0.15, 0.2) is 0 Å². The Morgan fingerprint density at radius 1 is 1.48 bits per heavy atom. The van der Waals surface area contributed by atoms with Crippen LogP contribution in [-0.2, 0) is 22.4 Å². The van der Waals surface area contributed by atoms with Gasteiger partial charge >= 0.3 is 6.09 Å². The summed E-state index contributed by atoms with van der Waals surface area (Å²) >= 11 is 6.29. The number of carbonyl (C=O) groups excluding carboxylic acids is 2. The Morgan fingerprint density at radius 2 is 2.22 bits per heavy atom. The van der Waals surface area contributed by atoms with Gasteiger partial charge in [0.2, 0.25) is 5.88 Å². The monoisotopic (exact) mass is 340 g/mol. The maximum Gasteiger partial charge on any atom is 0.407 e. The number of aromatic nitrogens is 1. The van der Waals surface area contributed by atoms with Crippen LogP contribution >= 0.6 is 11.6 Å². The van der Waals surface area contributed by atoms with Crippen molar-refractivity contribution in [1.29, 1.82) is 0 Å². The zero-order valence-corrected chi connectivity index (χ0v) is 14.3. The smallest absolute Gasteiger partial charge is 0.407 e. The average molecular weight is 341 g/mol. The lowest BCUT2D eigenvalue weighted by Crippen LogP contribution is -2.34. The van der Waals surface area contributed by atoms with E-state index in [1.807, 2.05) is 0 Å². The third-order valence-electron chi connectivity index (χ3n) is 3.33. The number of fused-ring (bicyclic) bond motifs is 1. The summed E-state index contributed by atoms with van der Waals surface area (Å²) in [6, 6.07) is 0. The van der Waals surface area contributed by atoms with E-state index in [-0.39, 0.29) is 19.1 Å². The molecule has 1 unspecified atom stereocenters. The van der Waals surface area contributed by atoms with Crippen LogP contribution in [0, 0.1) is 5.92 Å². The predicted molar refractivity (Wildman–Crippen MR) is 85.9 cm³/mol. The molecule has 1 amide bonds. The van der Waals surface area contributed by atoms with Crippen LogP contribution in [0.3, 0.4) is 0 Å². The third kappa shape index (κ3) is 4.82. The van der Waals surface area contributed by atoms with Gasteiger partial charge in [0.05, 0.1) is 6.54 Å². The fourth-order valence-electron chi connectivity index (χ4n) is 2.37. The van der Waals surface area contributed by atoms with Gasteiger partial charge in [-0.25, -0.2) is 9.78 Å². The first-order valence-electron chi connectivity index (χ1n) is 7.51. The van der Waals surface area contributed by atoms with E-state index in [1.165, 1.54) is 0 Å². The van der Waals surface area contributed by atoms with E-state index >= 15 is 0 Å². The maximum absolute atomic E-state index is 11.5. The van der Waals surface area contributed by atoms with Gasteiger partial charge in [-0.2, -0.15) is 0 Å². The van der Waals surface area contributed by atoms with E-state index < -0.39 is 11.7 Å². The zero-order valence-electron chi connectivity index (χ0n) is 13.5. The molecule has 1 N–H and O–H groups in total. The molecule has 6 nitrogen and oxygen atoms in total. The van der Waals surface area contributed by atoms with E-state index in [4.69, 9.17) is 21.1 Å². The van der Waals surface area contributed by atoms with Gasteiger partial charge in [0.1, 0.15) is 23.5 Å². The first-order chi connectivity index (χ1) is 10.8. The number of carbonyl (C=O) groups is 2. The molecule has 0 bridgehead atoms. The van der Waals surface area contributed by atoms with E-state index in [9.17, 15) is 9.59 Å². The number of ether oxygens (including phenoxy) is 2. The molecule has 0 spiro atoms. The van der Waals surface area contributed by atoms with Crippen molar-refractivity contribution in [2.75, 3.05) is 13.2 Å². The maximum atomic E-state index is 11.5. The van der Waals surface area contributed by atoms with Crippen molar-refractivity contribution >= 4 is 24.0 Å². The van der Waals surface area contributed by atoms with Gasteiger partial charge in [-0.1, -0.05) is 11.6 Å². The van der Waals surface area contributed by atoms with Gasteiger partial charge in [-0.3, -0.25) is 0 Å². The molecular formula is C16H21ClN2O4. The van der Waals surface area contributed by atoms with Crippen molar-refractivity contribution in [3.8, 4) is 5.88 Å². The lowest BCUT2D eigenvalue weighted by Gasteiger charge is -2.19. The second-order valence-electron chi connectivity index (χ2n) is 6.46. The number of hydrogen-bond donors (Lipinski definition) is 1. The minimum absolute atomic E-state index is 0.0339. The number of pyridine rings is 1. The van der Waals surface area contributed by atoms with Crippen molar-refractivity contribution in [3.05, 3.63) is 22.3 Å². The fraction of sp³-hybridized carbons (Fsp3) is 0.562. The summed E-state index contributed by atoms with van der Waals surface area (Å²) < 4.78 is 10.6. The normalized spacial score (nSPS) is 16.6. The van der Waals surface area contributed by atoms with Crippen molar-refractivity contribution < 1.29 is 19.1 Å². The second kappa shape index (κ2) is 7.17. The van der Waals surface area contributed by atoms with Gasteiger partial charge < -0.3 is 19.6 Å². The Kier molecular flexibility index (Phi) is 5.46. The van der Waals surface area contributed by atoms with Crippen LogP contribution in [0.15, 0.2) is 6.20 Å². The second-order valence-corrected chi connectivity index (χ2v) is 6.84. The Bertz CT molecular complexity index is 598. The van der Waals surface area contributed by atoms with Gasteiger partial charge in [0, 0.05) is 12.1 Å². The minimum Gasteiger partial charge on any atom is -0.475 e. The molecule has 0 fully saturated rings. The number of alkyl carbamates (subject to hydrolysis) is 1. The van der Waals surface area contributed by atoms with Gasteiger partial charge in [0.25, 0.3) is 0 Å². The van der Waals surface area contributed by atoms with Crippen LogP contribution in [-0.4, -0.2) is 36.1 Å². The van der Waals surface area contributed by atoms with E-state index in [0.717, 1.165) is 17.4 Å². The number of nitrogens with zero attached hydrogens (tertiary/aromatic N) is 1. The summed E-state index contributed by atoms with van der Waals surface area (Å²) in [6.45, 7) is 5.89. The highest BCUT2D eigenvalue weighted by molar-refractivity contribution is 6.32. The van der Waals surface area contributed by atoms with E-state index in [1.54, 1.807) is 27.0 Å². The summed E-state index contributed by atoms with van der Waals surface area (Å²) in [4.78, 5) is 26.6. The van der Waals surface area contributed by atoms with Crippen LogP contribution in [0.1, 0.15) is 31.9 Å². The van der Waals surface area contributed by atoms with Gasteiger partial charge in [-0.05, 0) is 44.7 Å². The highest BCUT2D eigenvalue weighted by Crippen LogP contribution is 2.35. The molecule has 0 saturated heterocycles. The molecule has 1 aromatic rings. The number of hydrogen-bond acceptors (Lipinski definition) is 5. The molecule has 23 heavy (non-hydrogen) atoms. The molecule has 0 radical (unpaired) electrons. The number of amides is 1. The molecule has 1 aromatic heterocycles. The Balaban J connectivity index is 1.84. The zero-order chi connectivity index (χ0) is 17.0. The number of halogens is 1. The third-order valence-corrected chi connectivity index (χ3v) is 3.72. The van der Waals surface area contributed by atoms with Crippen LogP contribution in [0.25, 0.3) is 0 Å². The minimum atomic E-state index is -0.537. The molecule has 126 valence electrons. The first kappa shape index (κ1) is 17.5. The largest absolute Gasteiger partial charge is 0.475 e. The van der Waals surface area contributed by atoms with Crippen LogP contribution < -0.4 is 10.1 Å². The molecule has 1 aliphatic rings. The summed E-state index contributed by atoms with van der Waals surface area (Å²) in [5.74, 6) is 0.288. The molecule has 0 aliphatic heterocycles. The SMILES string of the molecule is CC(C)(C)OC(=O)NCCOc1ncc2c(c1Cl)CC(C=O)C2. The van der Waals surface area contributed by atoms with Crippen LogP contribution in [0.5, 0.6) is 5.88 Å². The molecule has 1 aliphatic carbocycles. The van der Waals surface area contributed by atoms with Crippen molar-refractivity contribution in [3.63, 3.8) is 0 Å². The standard InChI is InChI=1S/C16H21ClN2O4/c1-16(2,3)23-15(21)18-4-5-22-14-13(17)12-7-10(9-20)6-11(12)8-19-14/h8-10H,4-7H2,1-3H3,(H,18,21). The summed E-state index contributed by atoms with van der Waals surface area (Å²) in [5, 5.41) is 3.04. The lowest BCUT2D eigenvalue weighted by atomic mass is 10.1. The average Bonchev–Trinajstić information content (AvgIpc) is 2.88. The predicted octanol–water partition coefficient (Wildman–Crippen LogP) is 2.55. The van der Waals surface area contributed by atoms with Gasteiger partial charge in [-0.15, -0.1) is 0 Å². The molecule has 0 saturated carbocycles. The van der Waals surface area contributed by atoms with Crippen molar-refractivity contribution in [1.82, 2.24) is 10.3 Å². The number of rotatable bonds is 5. The molecule has 1 heterocycles. The number of nitrogens with one attached hydrogen (secondary N) is 1. The highest BCUT2D eigenvalue weighted by Gasteiger charge is 2.25. The van der Waals surface area contributed by atoms with Crippen molar-refractivity contribution in [2.24, 2.45) is 5.92 Å². The van der Waals surface area contributed by atoms with E-state index in [2.05, 4.69) is 10.3 Å². The van der Waals surface area contributed by atoms with Crippen molar-refractivity contribution in [2.45, 2.75) is 39.2 Å². The quantitative estimate of drug-likeness (QED) is 0.658. The molecule has 0 aromatic carbocycles. The Labute approximate surface area is 140 Å². The molecular weight excluding hydrogens is 320 g/mol. The molecule has 2 rings (SSSR count). The number of aldehydes is 1. The Morgan fingerprint density at radius 3 is 2.87 bits per heavy atom. The summed E-state index contributed by atoms with van der Waals surface area (Å²) in [5.41, 5.74) is 1.38. The Hall–Kier alpha value is -1.82. The molecule has 1 atom stereocenters. The lowest BCUT2D eigenvalue weighted by molar-refractivity contribution is -0.110. The van der Waals surface area contributed by atoms with Crippen LogP contribution in [0.4, 0.5) is 4.79 Å². The van der Waals surface area contributed by atoms with E-state index in [0.29, 0.717) is 23.7 Å².